The zero-order valence-corrected chi connectivity index (χ0v) is 17.3. The van der Waals surface area contributed by atoms with E-state index >= 15 is 0 Å². The van der Waals surface area contributed by atoms with Gasteiger partial charge in [0.15, 0.2) is 11.5 Å². The molecule has 0 spiro atoms. The monoisotopic (exact) mass is 419 g/mol. The van der Waals surface area contributed by atoms with Gasteiger partial charge in [-0.25, -0.2) is 0 Å². The van der Waals surface area contributed by atoms with Crippen molar-refractivity contribution in [2.45, 2.75) is 6.42 Å². The summed E-state index contributed by atoms with van der Waals surface area (Å²) in [6, 6.07) is 13.1. The second kappa shape index (κ2) is 8.78. The highest BCUT2D eigenvalue weighted by Gasteiger charge is 2.31. The standard InChI is InChI=1S/C20H18ClNO3S2/c1-24-16-8-7-13(11-17(16)25-2)9-10-22-19(23)18(27-20(22)26)12-14-5-3-4-6-15(14)21/h3-8,11-12H,9-10H2,1-2H3. The first-order valence-corrected chi connectivity index (χ1v) is 9.84. The number of carbonyl (C=O) groups excluding carboxylic acids is 1. The lowest BCUT2D eigenvalue weighted by Gasteiger charge is -2.15. The zero-order chi connectivity index (χ0) is 19.4. The van der Waals surface area contributed by atoms with Crippen LogP contribution in [0, 0.1) is 0 Å². The van der Waals surface area contributed by atoms with E-state index in [-0.39, 0.29) is 5.91 Å². The molecule has 7 heteroatoms. The van der Waals surface area contributed by atoms with Crippen molar-refractivity contribution in [3.8, 4) is 11.5 Å². The summed E-state index contributed by atoms with van der Waals surface area (Å²) in [5, 5.41) is 0.605. The summed E-state index contributed by atoms with van der Waals surface area (Å²) in [5.74, 6) is 1.25. The van der Waals surface area contributed by atoms with Crippen molar-refractivity contribution in [3.63, 3.8) is 0 Å². The van der Waals surface area contributed by atoms with Crippen molar-refractivity contribution < 1.29 is 14.3 Å². The van der Waals surface area contributed by atoms with Gasteiger partial charge in [-0.3, -0.25) is 9.69 Å². The van der Waals surface area contributed by atoms with E-state index in [0.717, 1.165) is 11.1 Å². The van der Waals surface area contributed by atoms with Crippen molar-refractivity contribution >= 4 is 51.9 Å². The number of halogens is 1. The van der Waals surface area contributed by atoms with E-state index in [1.165, 1.54) is 11.8 Å². The molecule has 0 saturated carbocycles. The number of rotatable bonds is 6. The largest absolute Gasteiger partial charge is 0.493 e. The highest BCUT2D eigenvalue weighted by Crippen LogP contribution is 2.34. The fourth-order valence-corrected chi connectivity index (χ4v) is 4.19. The molecule has 0 N–H and O–H groups in total. The summed E-state index contributed by atoms with van der Waals surface area (Å²) >= 11 is 12.9. The first-order chi connectivity index (χ1) is 13.0. The van der Waals surface area contributed by atoms with Gasteiger partial charge in [-0.2, -0.15) is 0 Å². The minimum Gasteiger partial charge on any atom is -0.493 e. The molecule has 1 fully saturated rings. The molecule has 0 radical (unpaired) electrons. The van der Waals surface area contributed by atoms with Gasteiger partial charge in [-0.1, -0.05) is 59.8 Å². The normalized spacial score (nSPS) is 15.5. The maximum absolute atomic E-state index is 12.7. The molecule has 140 valence electrons. The van der Waals surface area contributed by atoms with Crippen LogP contribution in [-0.2, 0) is 11.2 Å². The second-order valence-electron chi connectivity index (χ2n) is 5.79. The molecule has 2 aromatic rings. The molecule has 1 saturated heterocycles. The summed E-state index contributed by atoms with van der Waals surface area (Å²) < 4.78 is 11.1. The van der Waals surface area contributed by atoms with E-state index in [0.29, 0.717) is 38.7 Å². The highest BCUT2D eigenvalue weighted by molar-refractivity contribution is 8.26. The number of methoxy groups -OCH3 is 2. The lowest BCUT2D eigenvalue weighted by molar-refractivity contribution is -0.122. The quantitative estimate of drug-likeness (QED) is 0.496. The molecule has 0 aromatic heterocycles. The Hall–Kier alpha value is -2.02. The van der Waals surface area contributed by atoms with Gasteiger partial charge in [0.05, 0.1) is 19.1 Å². The van der Waals surface area contributed by atoms with Crippen LogP contribution in [0.1, 0.15) is 11.1 Å². The zero-order valence-electron chi connectivity index (χ0n) is 14.9. The molecule has 4 nitrogen and oxygen atoms in total. The third-order valence-electron chi connectivity index (χ3n) is 4.14. The third-order valence-corrected chi connectivity index (χ3v) is 5.86. The van der Waals surface area contributed by atoms with Crippen LogP contribution in [0.3, 0.4) is 0 Å². The van der Waals surface area contributed by atoms with Crippen LogP contribution in [0.25, 0.3) is 6.08 Å². The highest BCUT2D eigenvalue weighted by atomic mass is 35.5. The molecule has 1 aliphatic heterocycles. The van der Waals surface area contributed by atoms with E-state index in [4.69, 9.17) is 33.3 Å². The fraction of sp³-hybridized carbons (Fsp3) is 0.200. The Labute approximate surface area is 173 Å². The maximum atomic E-state index is 12.7. The molecule has 0 aliphatic carbocycles. The maximum Gasteiger partial charge on any atom is 0.266 e. The molecule has 1 heterocycles. The summed E-state index contributed by atoms with van der Waals surface area (Å²) in [4.78, 5) is 14.9. The average molecular weight is 420 g/mol. The van der Waals surface area contributed by atoms with Gasteiger partial charge in [0.2, 0.25) is 0 Å². The van der Waals surface area contributed by atoms with Crippen LogP contribution in [-0.4, -0.2) is 35.9 Å². The van der Waals surface area contributed by atoms with Gasteiger partial charge in [-0.05, 0) is 41.8 Å². The lowest BCUT2D eigenvalue weighted by Crippen LogP contribution is -2.30. The topological polar surface area (TPSA) is 38.8 Å². The number of thiocarbonyl (C=S) groups is 1. The van der Waals surface area contributed by atoms with Crippen molar-refractivity contribution in [2.75, 3.05) is 20.8 Å². The molecule has 3 rings (SSSR count). The Bertz CT molecular complexity index is 914. The van der Waals surface area contributed by atoms with E-state index < -0.39 is 0 Å². The van der Waals surface area contributed by atoms with Gasteiger partial charge in [0, 0.05) is 11.6 Å². The van der Waals surface area contributed by atoms with Crippen molar-refractivity contribution in [3.05, 3.63) is 63.5 Å². The van der Waals surface area contributed by atoms with Gasteiger partial charge in [0.1, 0.15) is 4.32 Å². The van der Waals surface area contributed by atoms with Gasteiger partial charge in [-0.15, -0.1) is 0 Å². The predicted molar refractivity (Wildman–Crippen MR) is 115 cm³/mol. The minimum atomic E-state index is -0.0922. The van der Waals surface area contributed by atoms with Crippen LogP contribution in [0.15, 0.2) is 47.4 Å². The first-order valence-electron chi connectivity index (χ1n) is 8.24. The second-order valence-corrected chi connectivity index (χ2v) is 7.88. The Morgan fingerprint density at radius 3 is 2.59 bits per heavy atom. The molecule has 0 unspecified atom stereocenters. The molecule has 1 aliphatic rings. The van der Waals surface area contributed by atoms with Crippen LogP contribution in [0.4, 0.5) is 0 Å². The first kappa shape index (κ1) is 19.7. The van der Waals surface area contributed by atoms with Crippen LogP contribution < -0.4 is 9.47 Å². The van der Waals surface area contributed by atoms with E-state index in [2.05, 4.69) is 0 Å². The Morgan fingerprint density at radius 2 is 1.89 bits per heavy atom. The number of amides is 1. The molecule has 2 aromatic carbocycles. The molecule has 0 bridgehead atoms. The smallest absolute Gasteiger partial charge is 0.266 e. The van der Waals surface area contributed by atoms with Gasteiger partial charge in [0.25, 0.3) is 5.91 Å². The van der Waals surface area contributed by atoms with Crippen molar-refractivity contribution in [1.29, 1.82) is 0 Å². The van der Waals surface area contributed by atoms with Crippen LogP contribution >= 0.6 is 35.6 Å². The minimum absolute atomic E-state index is 0.0922. The summed E-state index contributed by atoms with van der Waals surface area (Å²) in [5.41, 5.74) is 1.84. The van der Waals surface area contributed by atoms with Crippen LogP contribution in [0.2, 0.25) is 5.02 Å². The SMILES string of the molecule is COc1ccc(CCN2C(=O)C(=Cc3ccccc3Cl)SC2=S)cc1OC. The van der Waals surface area contributed by atoms with Crippen LogP contribution in [0.5, 0.6) is 11.5 Å². The van der Waals surface area contributed by atoms with Gasteiger partial charge < -0.3 is 9.47 Å². The van der Waals surface area contributed by atoms with E-state index in [1.54, 1.807) is 31.3 Å². The number of thioether (sulfide) groups is 1. The van der Waals surface area contributed by atoms with Crippen molar-refractivity contribution in [2.24, 2.45) is 0 Å². The van der Waals surface area contributed by atoms with E-state index in [9.17, 15) is 4.79 Å². The Balaban J connectivity index is 1.72. The molecule has 1 amide bonds. The number of carbonyl (C=O) groups is 1. The molecule has 0 atom stereocenters. The summed E-state index contributed by atoms with van der Waals surface area (Å²) in [6.45, 7) is 0.500. The molecular formula is C20H18ClNO3S2. The lowest BCUT2D eigenvalue weighted by atomic mass is 10.1. The number of ether oxygens (including phenoxy) is 2. The van der Waals surface area contributed by atoms with Crippen molar-refractivity contribution in [1.82, 2.24) is 4.90 Å². The molecular weight excluding hydrogens is 402 g/mol. The number of hydrogen-bond donors (Lipinski definition) is 0. The predicted octanol–water partition coefficient (Wildman–Crippen LogP) is 4.80. The Kier molecular flexibility index (Phi) is 6.42. The number of hydrogen-bond acceptors (Lipinski definition) is 5. The average Bonchev–Trinajstić information content (AvgIpc) is 2.94. The fourth-order valence-electron chi connectivity index (χ4n) is 2.70. The molecule has 27 heavy (non-hydrogen) atoms. The third kappa shape index (κ3) is 4.46. The number of nitrogens with zero attached hydrogens (tertiary/aromatic N) is 1. The van der Waals surface area contributed by atoms with Gasteiger partial charge >= 0.3 is 0 Å². The number of benzene rings is 2. The Morgan fingerprint density at radius 1 is 1.15 bits per heavy atom. The summed E-state index contributed by atoms with van der Waals surface area (Å²) in [7, 11) is 3.20. The summed E-state index contributed by atoms with van der Waals surface area (Å²) in [6.07, 6.45) is 2.45. The van der Waals surface area contributed by atoms with E-state index in [1.807, 2.05) is 36.4 Å².